The van der Waals surface area contributed by atoms with Gasteiger partial charge in [-0.15, -0.1) is 0 Å². The van der Waals surface area contributed by atoms with Gasteiger partial charge >= 0.3 is 0 Å². The molecule has 1 heterocycles. The maximum Gasteiger partial charge on any atom is 0.222 e. The van der Waals surface area contributed by atoms with E-state index in [2.05, 4.69) is 15.6 Å². The molecule has 6 heteroatoms. The maximum absolute atomic E-state index is 11.7. The Morgan fingerprint density at radius 3 is 2.56 bits per heavy atom. The molecule has 2 amide bonds. The fourth-order valence-corrected chi connectivity index (χ4v) is 2.58. The van der Waals surface area contributed by atoms with E-state index in [0.29, 0.717) is 13.1 Å². The topological polar surface area (TPSA) is 76.0 Å². The van der Waals surface area contributed by atoms with Crippen molar-refractivity contribution in [1.29, 1.82) is 0 Å². The maximum atomic E-state index is 11.7. The van der Waals surface area contributed by atoms with E-state index < -0.39 is 0 Å². The lowest BCUT2D eigenvalue weighted by Gasteiger charge is -2.08. The Morgan fingerprint density at radius 2 is 1.80 bits per heavy atom. The molecule has 0 saturated heterocycles. The number of nitrogens with zero attached hydrogens (tertiary/aromatic N) is 2. The van der Waals surface area contributed by atoms with E-state index in [1.807, 2.05) is 59.4 Å². The van der Waals surface area contributed by atoms with Crippen molar-refractivity contribution in [2.75, 3.05) is 6.54 Å². The van der Waals surface area contributed by atoms with E-state index in [0.717, 1.165) is 22.3 Å². The molecule has 2 aromatic carbocycles. The highest BCUT2D eigenvalue weighted by Gasteiger charge is 2.05. The highest BCUT2D eigenvalue weighted by molar-refractivity contribution is 5.78. The zero-order valence-electron chi connectivity index (χ0n) is 14.0. The molecule has 1 aromatic heterocycles. The Bertz CT molecular complexity index is 884. The number of hydrogen-bond acceptors (Lipinski definition) is 3. The Balaban J connectivity index is 1.59. The van der Waals surface area contributed by atoms with Crippen LogP contribution in [0.4, 0.5) is 0 Å². The van der Waals surface area contributed by atoms with Crippen molar-refractivity contribution >= 4 is 22.8 Å². The number of aromatic nitrogens is 2. The number of amides is 2. The minimum absolute atomic E-state index is 0.0848. The summed E-state index contributed by atoms with van der Waals surface area (Å²) in [4.78, 5) is 26.9. The number of imidazole rings is 1. The van der Waals surface area contributed by atoms with E-state index in [9.17, 15) is 9.59 Å². The summed E-state index contributed by atoms with van der Waals surface area (Å²) in [6, 6.07) is 16.0. The normalized spacial score (nSPS) is 10.6. The fourth-order valence-electron chi connectivity index (χ4n) is 2.58. The van der Waals surface area contributed by atoms with Crippen molar-refractivity contribution in [2.24, 2.45) is 0 Å². The quantitative estimate of drug-likeness (QED) is 0.724. The van der Waals surface area contributed by atoms with E-state index in [-0.39, 0.29) is 18.2 Å². The minimum atomic E-state index is -0.129. The second-order valence-corrected chi connectivity index (χ2v) is 5.78. The number of carbonyl (C=O) groups excluding carboxylic acids is 2. The molecule has 0 atom stereocenters. The second-order valence-electron chi connectivity index (χ2n) is 5.78. The van der Waals surface area contributed by atoms with Crippen LogP contribution in [-0.4, -0.2) is 27.9 Å². The van der Waals surface area contributed by atoms with Crippen LogP contribution in [0.15, 0.2) is 54.9 Å². The van der Waals surface area contributed by atoms with Crippen molar-refractivity contribution in [3.05, 3.63) is 60.4 Å². The third-order valence-electron chi connectivity index (χ3n) is 3.88. The highest BCUT2D eigenvalue weighted by atomic mass is 16.2. The summed E-state index contributed by atoms with van der Waals surface area (Å²) in [6.45, 7) is 2.25. The third kappa shape index (κ3) is 4.23. The molecule has 25 heavy (non-hydrogen) atoms. The summed E-state index contributed by atoms with van der Waals surface area (Å²) in [6.07, 6.45) is 2.09. The van der Waals surface area contributed by atoms with Crippen molar-refractivity contribution < 1.29 is 9.59 Å². The van der Waals surface area contributed by atoms with Crippen LogP contribution in [0.2, 0.25) is 0 Å². The van der Waals surface area contributed by atoms with Crippen molar-refractivity contribution in [3.63, 3.8) is 0 Å². The number of benzene rings is 2. The molecule has 0 aliphatic heterocycles. The molecule has 3 aromatic rings. The lowest BCUT2D eigenvalue weighted by atomic mass is 10.2. The molecule has 0 spiro atoms. The van der Waals surface area contributed by atoms with Gasteiger partial charge in [0, 0.05) is 32.1 Å². The molecule has 0 saturated carbocycles. The van der Waals surface area contributed by atoms with Crippen molar-refractivity contribution in [1.82, 2.24) is 20.2 Å². The molecule has 128 valence electrons. The van der Waals surface area contributed by atoms with Crippen molar-refractivity contribution in [3.8, 4) is 5.69 Å². The summed E-state index contributed by atoms with van der Waals surface area (Å²) in [5.41, 5.74) is 4.05. The van der Waals surface area contributed by atoms with Gasteiger partial charge in [-0.05, 0) is 29.8 Å². The molecular weight excluding hydrogens is 316 g/mol. The van der Waals surface area contributed by atoms with Crippen LogP contribution in [0, 0.1) is 0 Å². The smallest absolute Gasteiger partial charge is 0.222 e. The molecule has 2 N–H and O–H groups in total. The molecule has 6 nitrogen and oxygen atoms in total. The summed E-state index contributed by atoms with van der Waals surface area (Å²) in [5.74, 6) is -0.214. The number of fused-ring (bicyclic) bond motifs is 1. The number of carbonyl (C=O) groups is 2. The number of para-hydroxylation sites is 2. The zero-order valence-corrected chi connectivity index (χ0v) is 14.0. The molecule has 0 radical (unpaired) electrons. The molecule has 0 unspecified atom stereocenters. The van der Waals surface area contributed by atoms with Gasteiger partial charge in [-0.25, -0.2) is 4.98 Å². The molecule has 0 aliphatic rings. The fraction of sp³-hybridized carbons (Fsp3) is 0.211. The zero-order chi connectivity index (χ0) is 17.6. The molecular formula is C19H20N4O2. The first-order valence-corrected chi connectivity index (χ1v) is 8.16. The predicted octanol–water partition coefficient (Wildman–Crippen LogP) is 2.17. The lowest BCUT2D eigenvalue weighted by Crippen LogP contribution is -2.29. The summed E-state index contributed by atoms with van der Waals surface area (Å²) >= 11 is 0. The van der Waals surface area contributed by atoms with Crippen LogP contribution < -0.4 is 10.6 Å². The standard InChI is InChI=1S/C19H20N4O2/c1-14(24)20-11-10-19(25)21-12-15-6-8-16(9-7-15)23-13-22-17-4-2-3-5-18(17)23/h2-9,13H,10-12H2,1H3,(H,20,24)(H,21,25). The van der Waals surface area contributed by atoms with E-state index in [4.69, 9.17) is 0 Å². The first kappa shape index (κ1) is 16.7. The van der Waals surface area contributed by atoms with E-state index >= 15 is 0 Å². The Labute approximate surface area is 145 Å². The SMILES string of the molecule is CC(=O)NCCC(=O)NCc1ccc(-n2cnc3ccccc32)cc1. The van der Waals surface area contributed by atoms with E-state index in [1.165, 1.54) is 6.92 Å². The van der Waals surface area contributed by atoms with Crippen LogP contribution in [0.3, 0.4) is 0 Å². The Morgan fingerprint density at radius 1 is 1.04 bits per heavy atom. The average Bonchev–Trinajstić information content (AvgIpc) is 3.04. The number of nitrogens with one attached hydrogen (secondary N) is 2. The Kier molecular flexibility index (Phi) is 5.09. The molecule has 3 rings (SSSR count). The minimum Gasteiger partial charge on any atom is -0.356 e. The van der Waals surface area contributed by atoms with Gasteiger partial charge in [0.2, 0.25) is 11.8 Å². The first-order chi connectivity index (χ1) is 12.1. The third-order valence-corrected chi connectivity index (χ3v) is 3.88. The van der Waals surface area contributed by atoms with Gasteiger partial charge < -0.3 is 10.6 Å². The van der Waals surface area contributed by atoms with Gasteiger partial charge in [-0.1, -0.05) is 24.3 Å². The molecule has 0 aliphatic carbocycles. The largest absolute Gasteiger partial charge is 0.356 e. The van der Waals surface area contributed by atoms with Gasteiger partial charge in [0.05, 0.1) is 11.0 Å². The van der Waals surface area contributed by atoms with E-state index in [1.54, 1.807) is 0 Å². The van der Waals surface area contributed by atoms with Crippen LogP contribution in [0.1, 0.15) is 18.9 Å². The number of hydrogen-bond donors (Lipinski definition) is 2. The highest BCUT2D eigenvalue weighted by Crippen LogP contribution is 2.18. The Hall–Kier alpha value is -3.15. The van der Waals surface area contributed by atoms with Crippen LogP contribution in [0.25, 0.3) is 16.7 Å². The van der Waals surface area contributed by atoms with Gasteiger partial charge in [-0.2, -0.15) is 0 Å². The second kappa shape index (κ2) is 7.61. The number of rotatable bonds is 6. The van der Waals surface area contributed by atoms with Gasteiger partial charge in [0.1, 0.15) is 6.33 Å². The lowest BCUT2D eigenvalue weighted by molar-refractivity contribution is -0.121. The summed E-state index contributed by atoms with van der Waals surface area (Å²) in [7, 11) is 0. The molecule has 0 fully saturated rings. The molecule has 0 bridgehead atoms. The van der Waals surface area contributed by atoms with Gasteiger partial charge in [0.15, 0.2) is 0 Å². The van der Waals surface area contributed by atoms with Crippen LogP contribution >= 0.6 is 0 Å². The monoisotopic (exact) mass is 336 g/mol. The van der Waals surface area contributed by atoms with Gasteiger partial charge in [0.25, 0.3) is 0 Å². The predicted molar refractivity (Wildman–Crippen MR) is 96.2 cm³/mol. The average molecular weight is 336 g/mol. The summed E-state index contributed by atoms with van der Waals surface area (Å²) < 4.78 is 2.03. The first-order valence-electron chi connectivity index (χ1n) is 8.16. The van der Waals surface area contributed by atoms with Crippen LogP contribution in [-0.2, 0) is 16.1 Å². The van der Waals surface area contributed by atoms with Crippen molar-refractivity contribution in [2.45, 2.75) is 19.9 Å². The van der Waals surface area contributed by atoms with Crippen LogP contribution in [0.5, 0.6) is 0 Å². The summed E-state index contributed by atoms with van der Waals surface area (Å²) in [5, 5.41) is 5.45. The van der Waals surface area contributed by atoms with Gasteiger partial charge in [-0.3, -0.25) is 14.2 Å².